The van der Waals surface area contributed by atoms with Gasteiger partial charge in [0.25, 0.3) is 0 Å². The van der Waals surface area contributed by atoms with E-state index in [2.05, 4.69) is 26.2 Å². The zero-order valence-electron chi connectivity index (χ0n) is 21.6. The van der Waals surface area contributed by atoms with Crippen LogP contribution in [0.1, 0.15) is 36.6 Å². The summed E-state index contributed by atoms with van der Waals surface area (Å²) in [6.45, 7) is 4.07. The molecule has 0 amide bonds. The molecule has 3 aromatic carbocycles. The van der Waals surface area contributed by atoms with Crippen LogP contribution in [0.25, 0.3) is 5.57 Å². The Morgan fingerprint density at radius 3 is 2.26 bits per heavy atom. The van der Waals surface area contributed by atoms with Gasteiger partial charge in [-0.25, -0.2) is 4.79 Å². The van der Waals surface area contributed by atoms with E-state index in [0.717, 1.165) is 21.3 Å². The Labute approximate surface area is 230 Å². The van der Waals surface area contributed by atoms with Gasteiger partial charge in [0.2, 0.25) is 0 Å². The summed E-state index contributed by atoms with van der Waals surface area (Å²) in [5.74, 6) is 0.883. The molecule has 0 N–H and O–H groups in total. The maximum atomic E-state index is 12.3. The maximum Gasteiger partial charge on any atom is 0.341 e. The van der Waals surface area contributed by atoms with Crippen molar-refractivity contribution in [3.8, 4) is 11.5 Å². The summed E-state index contributed by atoms with van der Waals surface area (Å²) < 4.78 is 16.9. The fraction of sp³-hybridized carbons (Fsp3) is 0.207. The van der Waals surface area contributed by atoms with Gasteiger partial charge in [-0.2, -0.15) is 0 Å². The number of hydrogen-bond donors (Lipinski definition) is 0. The number of hydrogen-bond acceptors (Lipinski definition) is 8. The minimum Gasteiger partial charge on any atom is -0.503 e. The SMILES string of the molecule is CCON=C(C=NOC(C)c1ccccc1C(=COC)C(=O)OC)c1ccc(Oc2ccc(Br)cc2)cc1. The number of benzene rings is 3. The molecule has 0 aliphatic carbocycles. The van der Waals surface area contributed by atoms with Gasteiger partial charge < -0.3 is 23.9 Å². The molecule has 0 saturated heterocycles. The molecular weight excluding hydrogens is 552 g/mol. The summed E-state index contributed by atoms with van der Waals surface area (Å²) in [6.07, 6.45) is 2.32. The summed E-state index contributed by atoms with van der Waals surface area (Å²) in [5.41, 5.74) is 2.86. The van der Waals surface area contributed by atoms with Crippen LogP contribution in [0.2, 0.25) is 0 Å². The van der Waals surface area contributed by atoms with Crippen molar-refractivity contribution in [1.82, 2.24) is 0 Å². The molecule has 3 aromatic rings. The number of ether oxygens (including phenoxy) is 3. The summed E-state index contributed by atoms with van der Waals surface area (Å²) >= 11 is 3.41. The van der Waals surface area contributed by atoms with Gasteiger partial charge in [-0.15, -0.1) is 0 Å². The maximum absolute atomic E-state index is 12.3. The van der Waals surface area contributed by atoms with Gasteiger partial charge in [0, 0.05) is 15.6 Å². The van der Waals surface area contributed by atoms with E-state index >= 15 is 0 Å². The van der Waals surface area contributed by atoms with E-state index in [-0.39, 0.29) is 5.57 Å². The Morgan fingerprint density at radius 1 is 0.974 bits per heavy atom. The average Bonchev–Trinajstić information content (AvgIpc) is 2.95. The van der Waals surface area contributed by atoms with Crippen LogP contribution in [-0.2, 0) is 23.9 Å². The van der Waals surface area contributed by atoms with E-state index in [1.807, 2.05) is 80.6 Å². The molecule has 8 nitrogen and oxygen atoms in total. The number of methoxy groups -OCH3 is 2. The lowest BCUT2D eigenvalue weighted by molar-refractivity contribution is -0.133. The first-order valence-electron chi connectivity index (χ1n) is 11.8. The standard InChI is InChI=1S/C29H29BrN2O6/c1-5-36-32-28(21-10-14-23(15-11-21)37-24-16-12-22(30)13-17-24)18-31-38-20(2)25-8-6-7-9-26(25)27(19-34-3)29(33)35-4/h6-20H,5H2,1-4H3. The third-order valence-corrected chi connectivity index (χ3v) is 5.74. The molecule has 3 rings (SSSR count). The molecule has 0 bridgehead atoms. The minimum absolute atomic E-state index is 0.272. The highest BCUT2D eigenvalue weighted by Crippen LogP contribution is 2.28. The highest BCUT2D eigenvalue weighted by atomic mass is 79.9. The van der Waals surface area contributed by atoms with E-state index < -0.39 is 12.1 Å². The zero-order chi connectivity index (χ0) is 27.3. The van der Waals surface area contributed by atoms with Crippen molar-refractivity contribution in [2.45, 2.75) is 20.0 Å². The number of nitrogens with zero attached hydrogens (tertiary/aromatic N) is 2. The summed E-state index contributed by atoms with van der Waals surface area (Å²) in [4.78, 5) is 23.3. The van der Waals surface area contributed by atoms with Crippen molar-refractivity contribution in [2.75, 3.05) is 20.8 Å². The van der Waals surface area contributed by atoms with E-state index in [9.17, 15) is 4.79 Å². The second-order valence-corrected chi connectivity index (χ2v) is 8.72. The summed E-state index contributed by atoms with van der Waals surface area (Å²) in [5, 5.41) is 8.31. The third kappa shape index (κ3) is 7.94. The number of rotatable bonds is 12. The zero-order valence-corrected chi connectivity index (χ0v) is 23.2. The smallest absolute Gasteiger partial charge is 0.341 e. The quantitative estimate of drug-likeness (QED) is 0.0760. The van der Waals surface area contributed by atoms with Gasteiger partial charge in [-0.3, -0.25) is 0 Å². The van der Waals surface area contributed by atoms with Crippen LogP contribution >= 0.6 is 15.9 Å². The molecule has 9 heteroatoms. The van der Waals surface area contributed by atoms with Gasteiger partial charge in [0.15, 0.2) is 0 Å². The predicted molar refractivity (Wildman–Crippen MR) is 150 cm³/mol. The van der Waals surface area contributed by atoms with Gasteiger partial charge in [0.05, 0.1) is 26.7 Å². The lowest BCUT2D eigenvalue weighted by atomic mass is 9.97. The minimum atomic E-state index is -0.520. The Hall–Kier alpha value is -4.11. The molecule has 0 aliphatic heterocycles. The van der Waals surface area contributed by atoms with E-state index in [0.29, 0.717) is 23.6 Å². The number of carbonyl (C=O) groups is 1. The van der Waals surface area contributed by atoms with E-state index in [1.54, 1.807) is 6.07 Å². The summed E-state index contributed by atoms with van der Waals surface area (Å²) in [6, 6.07) is 22.3. The fourth-order valence-electron chi connectivity index (χ4n) is 3.39. The second-order valence-electron chi connectivity index (χ2n) is 7.80. The summed E-state index contributed by atoms with van der Waals surface area (Å²) in [7, 11) is 2.78. The Kier molecular flexibility index (Phi) is 10.9. The molecular formula is C29H29BrN2O6. The third-order valence-electron chi connectivity index (χ3n) is 5.22. The van der Waals surface area contributed by atoms with Crippen molar-refractivity contribution in [2.24, 2.45) is 10.3 Å². The number of oxime groups is 2. The highest BCUT2D eigenvalue weighted by molar-refractivity contribution is 9.10. The molecule has 0 saturated carbocycles. The molecule has 38 heavy (non-hydrogen) atoms. The van der Waals surface area contributed by atoms with Crippen molar-refractivity contribution in [1.29, 1.82) is 0 Å². The molecule has 198 valence electrons. The first-order chi connectivity index (χ1) is 18.5. The van der Waals surface area contributed by atoms with Crippen LogP contribution in [-0.4, -0.2) is 38.7 Å². The van der Waals surface area contributed by atoms with Crippen LogP contribution < -0.4 is 4.74 Å². The number of halogens is 1. The van der Waals surface area contributed by atoms with Crippen molar-refractivity contribution in [3.63, 3.8) is 0 Å². The first kappa shape index (κ1) is 28.5. The molecule has 0 fully saturated rings. The van der Waals surface area contributed by atoms with Crippen molar-refractivity contribution in [3.05, 3.63) is 100 Å². The molecule has 0 radical (unpaired) electrons. The van der Waals surface area contributed by atoms with Crippen LogP contribution in [0.5, 0.6) is 11.5 Å². The monoisotopic (exact) mass is 580 g/mol. The molecule has 0 spiro atoms. The first-order valence-corrected chi connectivity index (χ1v) is 12.6. The largest absolute Gasteiger partial charge is 0.503 e. The Balaban J connectivity index is 1.76. The number of carbonyl (C=O) groups excluding carboxylic acids is 1. The van der Waals surface area contributed by atoms with Crippen molar-refractivity contribution >= 4 is 39.4 Å². The Morgan fingerprint density at radius 2 is 1.63 bits per heavy atom. The fourth-order valence-corrected chi connectivity index (χ4v) is 3.66. The van der Waals surface area contributed by atoms with Gasteiger partial charge in [-0.1, -0.05) is 50.5 Å². The molecule has 0 aromatic heterocycles. The number of esters is 1. The van der Waals surface area contributed by atoms with Crippen LogP contribution in [0.15, 0.2) is 93.8 Å². The second kappa shape index (κ2) is 14.6. The van der Waals surface area contributed by atoms with Crippen LogP contribution in [0.4, 0.5) is 0 Å². The molecule has 0 heterocycles. The average molecular weight is 581 g/mol. The highest BCUT2D eigenvalue weighted by Gasteiger charge is 2.20. The van der Waals surface area contributed by atoms with Gasteiger partial charge >= 0.3 is 5.97 Å². The van der Waals surface area contributed by atoms with Gasteiger partial charge in [-0.05, 0) is 67.9 Å². The molecule has 0 aliphatic rings. The predicted octanol–water partition coefficient (Wildman–Crippen LogP) is 6.91. The van der Waals surface area contributed by atoms with E-state index in [4.69, 9.17) is 23.9 Å². The van der Waals surface area contributed by atoms with E-state index in [1.165, 1.54) is 26.7 Å². The molecule has 1 atom stereocenters. The Bertz CT molecular complexity index is 1290. The van der Waals surface area contributed by atoms with Crippen LogP contribution in [0, 0.1) is 0 Å². The lowest BCUT2D eigenvalue weighted by Gasteiger charge is -2.16. The normalized spacial score (nSPS) is 12.7. The van der Waals surface area contributed by atoms with Gasteiger partial charge in [0.1, 0.15) is 35.5 Å². The topological polar surface area (TPSA) is 87.9 Å². The van der Waals surface area contributed by atoms with Crippen LogP contribution in [0.3, 0.4) is 0 Å². The van der Waals surface area contributed by atoms with Crippen molar-refractivity contribution < 1.29 is 28.7 Å². The molecule has 1 unspecified atom stereocenters. The lowest BCUT2D eigenvalue weighted by Crippen LogP contribution is -2.09.